The number of phosphoric ester groups is 1. The molecule has 1 rings (SSSR count). The van der Waals surface area contributed by atoms with Crippen LogP contribution < -0.4 is 0 Å². The van der Waals surface area contributed by atoms with Gasteiger partial charge in [0.25, 0.3) is 0 Å². The highest BCUT2D eigenvalue weighted by atomic mass is 31.2. The van der Waals surface area contributed by atoms with Gasteiger partial charge in [-0.2, -0.15) is 0 Å². The van der Waals surface area contributed by atoms with E-state index < -0.39 is 75.7 Å². The summed E-state index contributed by atoms with van der Waals surface area (Å²) in [6, 6.07) is 0. The van der Waals surface area contributed by atoms with Gasteiger partial charge in [0.05, 0.1) is 6.61 Å². The summed E-state index contributed by atoms with van der Waals surface area (Å²) in [5, 5.41) is 50.0. The maximum absolute atomic E-state index is 12.8. The molecular weight excluding hydrogens is 743 g/mol. The molecule has 0 aromatic rings. The second-order valence-electron chi connectivity index (χ2n) is 15.2. The molecule has 8 atom stereocenters. The molecule has 0 heterocycles. The maximum Gasteiger partial charge on any atom is 0.472 e. The molecule has 1 aliphatic rings. The first-order chi connectivity index (χ1) is 26.9. The Hall–Kier alpha value is -1.67. The fraction of sp³-hybridized carbons (Fsp3) is 0.857. The number of unbranched alkanes of at least 4 members (excludes halogenated alkanes) is 19. The first-order valence-electron chi connectivity index (χ1n) is 21.6. The number of aliphatic hydroxyl groups is 5. The molecule has 0 spiro atoms. The molecule has 6 unspecified atom stereocenters. The molecule has 56 heavy (non-hydrogen) atoms. The van der Waals surface area contributed by atoms with Crippen LogP contribution >= 0.6 is 7.82 Å². The molecule has 1 saturated carbocycles. The Bertz CT molecular complexity index is 1090. The van der Waals surface area contributed by atoms with Gasteiger partial charge in [-0.15, -0.1) is 0 Å². The second-order valence-corrected chi connectivity index (χ2v) is 16.6. The van der Waals surface area contributed by atoms with E-state index in [2.05, 4.69) is 38.2 Å². The van der Waals surface area contributed by atoms with Gasteiger partial charge < -0.3 is 39.9 Å². The molecule has 0 saturated heterocycles. The van der Waals surface area contributed by atoms with Crippen LogP contribution in [0.15, 0.2) is 24.3 Å². The van der Waals surface area contributed by atoms with Crippen molar-refractivity contribution in [3.8, 4) is 0 Å². The molecule has 0 amide bonds. The van der Waals surface area contributed by atoms with Crippen molar-refractivity contribution < 1.29 is 63.1 Å². The van der Waals surface area contributed by atoms with Crippen LogP contribution in [0.5, 0.6) is 0 Å². The third-order valence-electron chi connectivity index (χ3n) is 10.0. The summed E-state index contributed by atoms with van der Waals surface area (Å²) in [6.45, 7) is 3.24. The highest BCUT2D eigenvalue weighted by Crippen LogP contribution is 2.47. The molecule has 0 aromatic carbocycles. The molecule has 0 bridgehead atoms. The number of carbonyl (C=O) groups is 2. The van der Waals surface area contributed by atoms with E-state index >= 15 is 0 Å². The predicted molar refractivity (Wildman–Crippen MR) is 217 cm³/mol. The molecule has 1 aliphatic carbocycles. The minimum absolute atomic E-state index is 0.0859. The minimum atomic E-state index is -5.11. The molecular formula is C42H77O13P. The molecule has 0 aromatic heterocycles. The van der Waals surface area contributed by atoms with E-state index in [1.807, 2.05) is 0 Å². The van der Waals surface area contributed by atoms with Gasteiger partial charge in [-0.05, 0) is 64.2 Å². The van der Waals surface area contributed by atoms with Gasteiger partial charge >= 0.3 is 19.8 Å². The van der Waals surface area contributed by atoms with Crippen LogP contribution in [0.25, 0.3) is 0 Å². The van der Waals surface area contributed by atoms with Crippen molar-refractivity contribution in [2.24, 2.45) is 0 Å². The van der Waals surface area contributed by atoms with Crippen LogP contribution in [0.1, 0.15) is 174 Å². The van der Waals surface area contributed by atoms with Gasteiger partial charge in [0, 0.05) is 12.8 Å². The number of ether oxygens (including phenoxy) is 2. The first-order valence-corrected chi connectivity index (χ1v) is 23.1. The minimum Gasteiger partial charge on any atom is -0.462 e. The van der Waals surface area contributed by atoms with Crippen molar-refractivity contribution in [1.29, 1.82) is 0 Å². The lowest BCUT2D eigenvalue weighted by molar-refractivity contribution is -0.220. The van der Waals surface area contributed by atoms with Gasteiger partial charge in [0.1, 0.15) is 43.2 Å². The third kappa shape index (κ3) is 25.6. The molecule has 0 aliphatic heterocycles. The summed E-state index contributed by atoms with van der Waals surface area (Å²) in [5.74, 6) is -1.12. The fourth-order valence-corrected chi connectivity index (χ4v) is 7.42. The maximum atomic E-state index is 12.8. The SMILES string of the molecule is CCCCC/C=C\CCCCCCCC(=O)O[C@H](COC(=O)CCCCCCC/C=C\CCCCCCCC)COP(=O)(O)OC1C(O)C(O)C(O)[C@@H](O)C1O. The average Bonchev–Trinajstić information content (AvgIpc) is 3.18. The largest absolute Gasteiger partial charge is 0.472 e. The van der Waals surface area contributed by atoms with E-state index in [1.54, 1.807) is 0 Å². The second kappa shape index (κ2) is 33.2. The lowest BCUT2D eigenvalue weighted by Gasteiger charge is -2.41. The number of allylic oxidation sites excluding steroid dienone is 4. The van der Waals surface area contributed by atoms with Crippen molar-refractivity contribution in [1.82, 2.24) is 0 Å². The zero-order valence-corrected chi connectivity index (χ0v) is 35.3. The Labute approximate surface area is 336 Å². The van der Waals surface area contributed by atoms with Crippen LogP contribution in [0, 0.1) is 0 Å². The van der Waals surface area contributed by atoms with Crippen molar-refractivity contribution >= 4 is 19.8 Å². The summed E-state index contributed by atoms with van der Waals surface area (Å²) in [6.07, 6.45) is 21.0. The van der Waals surface area contributed by atoms with E-state index in [1.165, 1.54) is 57.8 Å². The smallest absolute Gasteiger partial charge is 0.462 e. The Morgan fingerprint density at radius 3 is 1.39 bits per heavy atom. The Balaban J connectivity index is 2.50. The lowest BCUT2D eigenvalue weighted by atomic mass is 9.85. The topological polar surface area (TPSA) is 210 Å². The van der Waals surface area contributed by atoms with E-state index in [0.29, 0.717) is 12.8 Å². The molecule has 14 heteroatoms. The summed E-state index contributed by atoms with van der Waals surface area (Å²) < 4.78 is 33.4. The lowest BCUT2D eigenvalue weighted by Crippen LogP contribution is -2.64. The van der Waals surface area contributed by atoms with E-state index in [4.69, 9.17) is 18.5 Å². The summed E-state index contributed by atoms with van der Waals surface area (Å²) >= 11 is 0. The zero-order valence-electron chi connectivity index (χ0n) is 34.4. The zero-order chi connectivity index (χ0) is 41.4. The number of carbonyl (C=O) groups excluding carboxylic acids is 2. The van der Waals surface area contributed by atoms with Crippen molar-refractivity contribution in [2.75, 3.05) is 13.2 Å². The number of aliphatic hydroxyl groups excluding tert-OH is 5. The van der Waals surface area contributed by atoms with Crippen LogP contribution in [0.2, 0.25) is 0 Å². The van der Waals surface area contributed by atoms with Gasteiger partial charge in [-0.25, -0.2) is 4.57 Å². The summed E-state index contributed by atoms with van der Waals surface area (Å²) in [5.41, 5.74) is 0. The number of rotatable bonds is 35. The fourth-order valence-electron chi connectivity index (χ4n) is 6.45. The number of hydrogen-bond acceptors (Lipinski definition) is 12. The number of phosphoric acid groups is 1. The van der Waals surface area contributed by atoms with Crippen molar-refractivity contribution in [3.05, 3.63) is 24.3 Å². The molecule has 0 radical (unpaired) electrons. The van der Waals surface area contributed by atoms with Crippen molar-refractivity contribution in [2.45, 2.75) is 217 Å². The van der Waals surface area contributed by atoms with Crippen LogP contribution in [-0.2, 0) is 32.7 Å². The van der Waals surface area contributed by atoms with Gasteiger partial charge in [0.15, 0.2) is 6.10 Å². The highest BCUT2D eigenvalue weighted by molar-refractivity contribution is 7.47. The van der Waals surface area contributed by atoms with Gasteiger partial charge in [-0.3, -0.25) is 18.6 Å². The first kappa shape index (κ1) is 52.3. The molecule has 328 valence electrons. The predicted octanol–water partition coefficient (Wildman–Crippen LogP) is 7.67. The Kier molecular flexibility index (Phi) is 31.0. The number of esters is 2. The number of hydrogen-bond donors (Lipinski definition) is 6. The van der Waals surface area contributed by atoms with Crippen LogP contribution in [0.4, 0.5) is 0 Å². The van der Waals surface area contributed by atoms with Crippen LogP contribution in [-0.4, -0.2) is 98.3 Å². The quantitative estimate of drug-likeness (QED) is 0.0157. The molecule has 6 N–H and O–H groups in total. The van der Waals surface area contributed by atoms with E-state index in [9.17, 15) is 44.6 Å². The van der Waals surface area contributed by atoms with Crippen LogP contribution in [0.3, 0.4) is 0 Å². The van der Waals surface area contributed by atoms with Gasteiger partial charge in [-0.1, -0.05) is 122 Å². The summed E-state index contributed by atoms with van der Waals surface area (Å²) in [4.78, 5) is 35.6. The highest BCUT2D eigenvalue weighted by Gasteiger charge is 2.51. The normalized spacial score (nSPS) is 23.1. The summed E-state index contributed by atoms with van der Waals surface area (Å²) in [7, 11) is -5.11. The third-order valence-corrected chi connectivity index (χ3v) is 11.0. The molecule has 13 nitrogen and oxygen atoms in total. The Morgan fingerprint density at radius 2 is 0.911 bits per heavy atom. The standard InChI is InChI=1S/C42H77O13P/c1-3-5-7-9-11-13-15-17-18-19-21-22-24-26-28-30-35(43)52-32-34(54-36(44)31-29-27-25-23-20-16-14-12-10-8-6-4-2)33-53-56(50,51)55-42-40(48)38(46)37(45)39(47)41(42)49/h12,14,17-18,34,37-42,45-49H,3-11,13,15-16,19-33H2,1-2H3,(H,50,51)/b14-12-,18-17-/t34-,37?,38-,39?,40?,41?,42?/m1/s1. The average molecular weight is 821 g/mol. The van der Waals surface area contributed by atoms with E-state index in [-0.39, 0.29) is 12.8 Å². The Morgan fingerprint density at radius 1 is 0.536 bits per heavy atom. The van der Waals surface area contributed by atoms with E-state index in [0.717, 1.165) is 77.0 Å². The van der Waals surface area contributed by atoms with Crippen molar-refractivity contribution in [3.63, 3.8) is 0 Å². The monoisotopic (exact) mass is 821 g/mol. The molecule has 1 fully saturated rings. The van der Waals surface area contributed by atoms with Gasteiger partial charge in [0.2, 0.25) is 0 Å².